The highest BCUT2D eigenvalue weighted by molar-refractivity contribution is 6.36. The van der Waals surface area contributed by atoms with Crippen LogP contribution < -0.4 is 0 Å². The predicted octanol–water partition coefficient (Wildman–Crippen LogP) is 2.48. The van der Waals surface area contributed by atoms with E-state index in [1.165, 1.54) is 20.2 Å². The number of ether oxygens (including phenoxy) is 1. The van der Waals surface area contributed by atoms with Crippen LogP contribution in [0.15, 0.2) is 70.1 Å². The van der Waals surface area contributed by atoms with Crippen molar-refractivity contribution >= 4 is 23.4 Å². The number of amidine groups is 1. The number of carbonyl (C=O) groups excluding carboxylic acids is 2. The third-order valence-electron chi connectivity index (χ3n) is 3.74. The summed E-state index contributed by atoms with van der Waals surface area (Å²) in [7, 11) is 1.22. The molecule has 0 spiro atoms. The molecule has 0 saturated carbocycles. The molecule has 0 radical (unpaired) electrons. The highest BCUT2D eigenvalue weighted by Crippen LogP contribution is 2.25. The Labute approximate surface area is 149 Å². The van der Waals surface area contributed by atoms with Gasteiger partial charge in [-0.15, -0.1) is 0 Å². The van der Waals surface area contributed by atoms with Crippen molar-refractivity contribution in [3.05, 3.63) is 76.8 Å². The summed E-state index contributed by atoms with van der Waals surface area (Å²) in [6.45, 7) is 1.37. The summed E-state index contributed by atoms with van der Waals surface area (Å²) in [4.78, 5) is 36.7. The van der Waals surface area contributed by atoms with Crippen molar-refractivity contribution in [2.45, 2.75) is 6.92 Å². The first-order chi connectivity index (χ1) is 12.5. The molecular formula is C19H15N3O4. The molecule has 0 aliphatic carbocycles. The van der Waals surface area contributed by atoms with Gasteiger partial charge in [-0.05, 0) is 19.1 Å². The van der Waals surface area contributed by atoms with Gasteiger partial charge in [0.25, 0.3) is 5.91 Å². The lowest BCUT2D eigenvalue weighted by atomic mass is 9.99. The van der Waals surface area contributed by atoms with Gasteiger partial charge in [-0.25, -0.2) is 9.79 Å². The molecule has 26 heavy (non-hydrogen) atoms. The molecule has 1 aromatic carbocycles. The van der Waals surface area contributed by atoms with E-state index in [0.29, 0.717) is 16.7 Å². The van der Waals surface area contributed by atoms with E-state index in [-0.39, 0.29) is 22.9 Å². The lowest BCUT2D eigenvalue weighted by molar-refractivity contribution is -0.135. The number of pyridine rings is 1. The van der Waals surface area contributed by atoms with Crippen molar-refractivity contribution < 1.29 is 19.4 Å². The van der Waals surface area contributed by atoms with Gasteiger partial charge in [0.1, 0.15) is 11.3 Å². The van der Waals surface area contributed by atoms with Crippen LogP contribution >= 0.6 is 0 Å². The molecule has 2 heterocycles. The zero-order valence-electron chi connectivity index (χ0n) is 14.1. The van der Waals surface area contributed by atoms with Crippen LogP contribution in [0.3, 0.4) is 0 Å². The molecule has 130 valence electrons. The second-order valence-electron chi connectivity index (χ2n) is 5.44. The van der Waals surface area contributed by atoms with E-state index in [9.17, 15) is 14.7 Å². The number of benzene rings is 1. The Morgan fingerprint density at radius 1 is 1.12 bits per heavy atom. The van der Waals surface area contributed by atoms with E-state index in [1.807, 2.05) is 0 Å². The Kier molecular flexibility index (Phi) is 4.70. The maximum absolute atomic E-state index is 12.4. The Morgan fingerprint density at radius 2 is 1.85 bits per heavy atom. The molecule has 1 N–H and O–H groups in total. The van der Waals surface area contributed by atoms with E-state index in [0.717, 1.165) is 0 Å². The second kappa shape index (κ2) is 7.10. The number of esters is 1. The van der Waals surface area contributed by atoms with Crippen molar-refractivity contribution in [3.63, 3.8) is 0 Å². The zero-order chi connectivity index (χ0) is 18.7. The maximum Gasteiger partial charge on any atom is 0.343 e. The average molecular weight is 349 g/mol. The minimum absolute atomic E-state index is 0.0704. The van der Waals surface area contributed by atoms with Crippen molar-refractivity contribution in [1.82, 2.24) is 4.98 Å². The minimum Gasteiger partial charge on any atom is -0.512 e. The van der Waals surface area contributed by atoms with Gasteiger partial charge < -0.3 is 9.84 Å². The first kappa shape index (κ1) is 17.2. The number of amides is 1. The van der Waals surface area contributed by atoms with E-state index in [4.69, 9.17) is 4.74 Å². The Morgan fingerprint density at radius 3 is 2.46 bits per heavy atom. The first-order valence-electron chi connectivity index (χ1n) is 7.73. The van der Waals surface area contributed by atoms with Crippen LogP contribution in [0.25, 0.3) is 0 Å². The van der Waals surface area contributed by atoms with E-state index in [1.54, 1.807) is 42.6 Å². The van der Waals surface area contributed by atoms with Crippen LogP contribution in [0.5, 0.6) is 0 Å². The van der Waals surface area contributed by atoms with Crippen molar-refractivity contribution in [3.8, 4) is 0 Å². The summed E-state index contributed by atoms with van der Waals surface area (Å²) >= 11 is 0. The molecule has 3 rings (SSSR count). The molecule has 0 saturated heterocycles. The fourth-order valence-electron chi connectivity index (χ4n) is 2.55. The van der Waals surface area contributed by atoms with Gasteiger partial charge in [-0.1, -0.05) is 24.3 Å². The summed E-state index contributed by atoms with van der Waals surface area (Å²) in [6, 6.07) is 10.2. The largest absolute Gasteiger partial charge is 0.512 e. The number of fused-ring (bicyclic) bond motifs is 1. The molecule has 0 unspecified atom stereocenters. The Hall–Kier alpha value is -3.61. The number of hydrogen-bond donors (Lipinski definition) is 1. The quantitative estimate of drug-likeness (QED) is 0.521. The molecule has 1 aromatic heterocycles. The van der Waals surface area contributed by atoms with E-state index in [2.05, 4.69) is 15.0 Å². The number of methoxy groups -OCH3 is 1. The summed E-state index contributed by atoms with van der Waals surface area (Å²) in [5.41, 5.74) is 1.63. The molecule has 0 fully saturated rings. The number of allylic oxidation sites excluding steroid dienone is 1. The van der Waals surface area contributed by atoms with Crippen LogP contribution in [0.2, 0.25) is 0 Å². The van der Waals surface area contributed by atoms with Gasteiger partial charge in [0, 0.05) is 23.5 Å². The average Bonchev–Trinajstić information content (AvgIpc) is 3.00. The molecule has 1 amide bonds. The molecule has 7 heteroatoms. The highest BCUT2D eigenvalue weighted by atomic mass is 16.5. The number of aromatic nitrogens is 1. The molecule has 2 aromatic rings. The van der Waals surface area contributed by atoms with Crippen LogP contribution in [0.4, 0.5) is 0 Å². The molecule has 0 bridgehead atoms. The third-order valence-corrected chi connectivity index (χ3v) is 3.74. The maximum atomic E-state index is 12.4. The van der Waals surface area contributed by atoms with Crippen LogP contribution in [-0.4, -0.2) is 40.6 Å². The fourth-order valence-corrected chi connectivity index (χ4v) is 2.55. The molecular weight excluding hydrogens is 334 g/mol. The van der Waals surface area contributed by atoms with Crippen molar-refractivity contribution in [1.29, 1.82) is 0 Å². The summed E-state index contributed by atoms with van der Waals surface area (Å²) in [5.74, 6) is -1.30. The zero-order valence-corrected chi connectivity index (χ0v) is 14.1. The normalized spacial score (nSPS) is 15.2. The van der Waals surface area contributed by atoms with Crippen molar-refractivity contribution in [2.75, 3.05) is 7.11 Å². The Bertz CT molecular complexity index is 971. The van der Waals surface area contributed by atoms with Gasteiger partial charge in [0.2, 0.25) is 0 Å². The molecule has 1 aliphatic rings. The summed E-state index contributed by atoms with van der Waals surface area (Å²) in [6.07, 6.45) is 2.97. The van der Waals surface area contributed by atoms with Gasteiger partial charge in [0.05, 0.1) is 18.4 Å². The minimum atomic E-state index is -0.724. The van der Waals surface area contributed by atoms with E-state index >= 15 is 0 Å². The van der Waals surface area contributed by atoms with Gasteiger partial charge in [0.15, 0.2) is 5.84 Å². The van der Waals surface area contributed by atoms with Crippen LogP contribution in [-0.2, 0) is 9.53 Å². The SMILES string of the molecule is COC(=O)/C(C1=NC(=NC(=O)c2cccnc2)c2ccccc21)=C(/C)O. The number of aliphatic imine (C=N–C) groups is 2. The number of hydrogen-bond acceptors (Lipinski definition) is 5. The highest BCUT2D eigenvalue weighted by Gasteiger charge is 2.30. The lowest BCUT2D eigenvalue weighted by Crippen LogP contribution is -2.16. The number of rotatable bonds is 3. The molecule has 1 aliphatic heterocycles. The van der Waals surface area contributed by atoms with Gasteiger partial charge >= 0.3 is 5.97 Å². The van der Waals surface area contributed by atoms with Crippen LogP contribution in [0, 0.1) is 0 Å². The lowest BCUT2D eigenvalue weighted by Gasteiger charge is -2.07. The van der Waals surface area contributed by atoms with Gasteiger partial charge in [-0.3, -0.25) is 9.78 Å². The summed E-state index contributed by atoms with van der Waals surface area (Å²) < 4.78 is 4.73. The number of aliphatic hydroxyl groups excluding tert-OH is 1. The second-order valence-corrected chi connectivity index (χ2v) is 5.44. The number of nitrogens with zero attached hydrogens (tertiary/aromatic N) is 3. The Balaban J connectivity index is 2.12. The molecule has 7 nitrogen and oxygen atoms in total. The van der Waals surface area contributed by atoms with Crippen molar-refractivity contribution in [2.24, 2.45) is 9.98 Å². The fraction of sp³-hybridized carbons (Fsp3) is 0.105. The summed E-state index contributed by atoms with van der Waals surface area (Å²) in [5, 5.41) is 9.93. The predicted molar refractivity (Wildman–Crippen MR) is 95.4 cm³/mol. The van der Waals surface area contributed by atoms with Crippen LogP contribution in [0.1, 0.15) is 28.4 Å². The standard InChI is InChI=1S/C19H15N3O4/c1-11(23)15(19(25)26-2)16-13-7-3-4-8-14(13)17(21-16)22-18(24)12-6-5-9-20-10-12/h3-10,23H,1-2H3/b15-11-,22-17?. The third kappa shape index (κ3) is 3.14. The monoisotopic (exact) mass is 349 g/mol. The number of aliphatic hydroxyl groups is 1. The number of carbonyl (C=O) groups is 2. The van der Waals surface area contributed by atoms with Gasteiger partial charge in [-0.2, -0.15) is 4.99 Å². The first-order valence-corrected chi connectivity index (χ1v) is 7.73. The molecule has 0 atom stereocenters. The van der Waals surface area contributed by atoms with E-state index < -0.39 is 11.9 Å². The smallest absolute Gasteiger partial charge is 0.343 e. The topological polar surface area (TPSA) is 101 Å².